The number of benzene rings is 1. The Labute approximate surface area is 120 Å². The number of hydrogen-bond acceptors (Lipinski definition) is 4. The third kappa shape index (κ3) is 4.21. The number of carbonyl (C=O) groups is 1. The second-order valence-electron chi connectivity index (χ2n) is 5.63. The zero-order chi connectivity index (χ0) is 14.5. The minimum absolute atomic E-state index is 0.0453. The van der Waals surface area contributed by atoms with Gasteiger partial charge in [-0.1, -0.05) is 6.07 Å². The van der Waals surface area contributed by atoms with Gasteiger partial charge in [-0.2, -0.15) is 0 Å². The molecule has 1 saturated heterocycles. The van der Waals surface area contributed by atoms with Crippen molar-refractivity contribution >= 4 is 17.3 Å². The number of nitrogens with two attached hydrogens (primary N) is 1. The van der Waals surface area contributed by atoms with Crippen LogP contribution in [0.15, 0.2) is 24.3 Å². The van der Waals surface area contributed by atoms with Gasteiger partial charge in [0.05, 0.1) is 0 Å². The van der Waals surface area contributed by atoms with Crippen LogP contribution in [0.5, 0.6) is 0 Å². The van der Waals surface area contributed by atoms with Crippen LogP contribution < -0.4 is 11.1 Å². The third-order valence-electron chi connectivity index (χ3n) is 3.80. The van der Waals surface area contributed by atoms with Crippen molar-refractivity contribution in [2.45, 2.75) is 18.9 Å². The van der Waals surface area contributed by atoms with Gasteiger partial charge in [0, 0.05) is 36.9 Å². The normalized spacial score (nSPS) is 19.4. The van der Waals surface area contributed by atoms with Crippen LogP contribution in [-0.2, 0) is 4.79 Å². The van der Waals surface area contributed by atoms with Crippen molar-refractivity contribution in [3.8, 4) is 0 Å². The van der Waals surface area contributed by atoms with E-state index in [-0.39, 0.29) is 5.91 Å². The van der Waals surface area contributed by atoms with Crippen molar-refractivity contribution < 1.29 is 4.79 Å². The molecule has 5 nitrogen and oxygen atoms in total. The van der Waals surface area contributed by atoms with Crippen molar-refractivity contribution in [3.05, 3.63) is 24.3 Å². The molecule has 1 amide bonds. The summed E-state index contributed by atoms with van der Waals surface area (Å²) >= 11 is 0. The Bertz CT molecular complexity index is 461. The zero-order valence-corrected chi connectivity index (χ0v) is 12.3. The minimum atomic E-state index is 0.0453. The number of nitrogens with zero attached hydrogens (tertiary/aromatic N) is 2. The van der Waals surface area contributed by atoms with E-state index >= 15 is 0 Å². The smallest absolute Gasteiger partial charge is 0.225 e. The second kappa shape index (κ2) is 6.72. The molecule has 3 N–H and O–H groups in total. The van der Waals surface area contributed by atoms with Crippen molar-refractivity contribution in [2.24, 2.45) is 0 Å². The summed E-state index contributed by atoms with van der Waals surface area (Å²) < 4.78 is 0. The van der Waals surface area contributed by atoms with Gasteiger partial charge in [0.2, 0.25) is 5.91 Å². The summed E-state index contributed by atoms with van der Waals surface area (Å²) in [5.74, 6) is 0.0453. The molecule has 20 heavy (non-hydrogen) atoms. The average Bonchev–Trinajstić information content (AvgIpc) is 2.85. The van der Waals surface area contributed by atoms with E-state index in [0.29, 0.717) is 18.2 Å². The lowest BCUT2D eigenvalue weighted by atomic mass is 10.2. The van der Waals surface area contributed by atoms with Crippen molar-refractivity contribution in [1.82, 2.24) is 9.80 Å². The SMILES string of the molecule is CN(C)C1CCN(CCC(=O)Nc2cccc(N)c2)C1. The van der Waals surface area contributed by atoms with E-state index in [2.05, 4.69) is 29.2 Å². The lowest BCUT2D eigenvalue weighted by Gasteiger charge is -2.20. The molecule has 1 heterocycles. The van der Waals surface area contributed by atoms with Crippen molar-refractivity contribution in [3.63, 3.8) is 0 Å². The molecule has 0 radical (unpaired) electrons. The van der Waals surface area contributed by atoms with E-state index in [0.717, 1.165) is 25.3 Å². The van der Waals surface area contributed by atoms with Gasteiger partial charge in [-0.05, 0) is 45.3 Å². The highest BCUT2D eigenvalue weighted by Gasteiger charge is 2.23. The highest BCUT2D eigenvalue weighted by Crippen LogP contribution is 2.14. The van der Waals surface area contributed by atoms with Gasteiger partial charge in [0.25, 0.3) is 0 Å². The Hall–Kier alpha value is -1.59. The molecule has 1 unspecified atom stereocenters. The summed E-state index contributed by atoms with van der Waals surface area (Å²) in [6, 6.07) is 7.89. The van der Waals surface area contributed by atoms with Gasteiger partial charge in [-0.15, -0.1) is 0 Å². The number of anilines is 2. The van der Waals surface area contributed by atoms with Crippen LogP contribution >= 0.6 is 0 Å². The maximum Gasteiger partial charge on any atom is 0.225 e. The summed E-state index contributed by atoms with van der Waals surface area (Å²) in [5, 5.41) is 2.88. The number of likely N-dealkylation sites (tertiary alicyclic amines) is 1. The third-order valence-corrected chi connectivity index (χ3v) is 3.80. The summed E-state index contributed by atoms with van der Waals surface area (Å²) in [7, 11) is 4.22. The van der Waals surface area contributed by atoms with Gasteiger partial charge in [-0.3, -0.25) is 4.79 Å². The monoisotopic (exact) mass is 276 g/mol. The molecule has 1 aromatic rings. The first-order valence-corrected chi connectivity index (χ1v) is 7.09. The van der Waals surface area contributed by atoms with Crippen molar-refractivity contribution in [1.29, 1.82) is 0 Å². The molecule has 0 aliphatic carbocycles. The first-order valence-electron chi connectivity index (χ1n) is 7.09. The van der Waals surface area contributed by atoms with Crippen LogP contribution in [0, 0.1) is 0 Å². The fourth-order valence-electron chi connectivity index (χ4n) is 2.54. The van der Waals surface area contributed by atoms with Crippen LogP contribution in [0.2, 0.25) is 0 Å². The number of nitrogen functional groups attached to an aromatic ring is 1. The minimum Gasteiger partial charge on any atom is -0.399 e. The zero-order valence-electron chi connectivity index (χ0n) is 12.3. The molecule has 110 valence electrons. The quantitative estimate of drug-likeness (QED) is 0.794. The molecule has 1 fully saturated rings. The maximum absolute atomic E-state index is 11.9. The van der Waals surface area contributed by atoms with Gasteiger partial charge < -0.3 is 20.9 Å². The van der Waals surface area contributed by atoms with Gasteiger partial charge >= 0.3 is 0 Å². The first kappa shape index (κ1) is 14.8. The van der Waals surface area contributed by atoms with Crippen LogP contribution in [0.25, 0.3) is 0 Å². The summed E-state index contributed by atoms with van der Waals surface area (Å²) in [6.07, 6.45) is 1.71. The Morgan fingerprint density at radius 1 is 1.50 bits per heavy atom. The number of nitrogens with one attached hydrogen (secondary N) is 1. The number of rotatable bonds is 5. The van der Waals surface area contributed by atoms with Crippen molar-refractivity contribution in [2.75, 3.05) is 44.8 Å². The van der Waals surface area contributed by atoms with Gasteiger partial charge in [0.1, 0.15) is 0 Å². The number of amides is 1. The van der Waals surface area contributed by atoms with E-state index in [1.54, 1.807) is 12.1 Å². The van der Waals surface area contributed by atoms with Crippen LogP contribution in [0.3, 0.4) is 0 Å². The summed E-state index contributed by atoms with van der Waals surface area (Å²) in [4.78, 5) is 16.5. The predicted octanol–water partition coefficient (Wildman–Crippen LogP) is 1.23. The molecule has 0 bridgehead atoms. The molecule has 5 heteroatoms. The molecule has 0 saturated carbocycles. The fourth-order valence-corrected chi connectivity index (χ4v) is 2.54. The fraction of sp³-hybridized carbons (Fsp3) is 0.533. The van der Waals surface area contributed by atoms with Crippen LogP contribution in [0.1, 0.15) is 12.8 Å². The molecule has 0 spiro atoms. The Balaban J connectivity index is 1.73. The van der Waals surface area contributed by atoms with Crippen LogP contribution in [0.4, 0.5) is 11.4 Å². The standard InChI is InChI=1S/C15H24N4O/c1-18(2)14-6-8-19(11-14)9-7-15(20)17-13-5-3-4-12(16)10-13/h3-5,10,14H,6-9,11,16H2,1-2H3,(H,17,20). The number of carbonyl (C=O) groups excluding carboxylic acids is 1. The average molecular weight is 276 g/mol. The molecule has 1 aliphatic heterocycles. The van der Waals surface area contributed by atoms with E-state index in [9.17, 15) is 4.79 Å². The predicted molar refractivity (Wildman–Crippen MR) is 82.6 cm³/mol. The largest absolute Gasteiger partial charge is 0.399 e. The summed E-state index contributed by atoms with van der Waals surface area (Å²) in [5.41, 5.74) is 7.12. The molecular weight excluding hydrogens is 252 g/mol. The molecule has 1 atom stereocenters. The van der Waals surface area contributed by atoms with E-state index in [4.69, 9.17) is 5.73 Å². The maximum atomic E-state index is 11.9. The van der Waals surface area contributed by atoms with Gasteiger partial charge in [-0.25, -0.2) is 0 Å². The molecule has 2 rings (SSSR count). The van der Waals surface area contributed by atoms with E-state index < -0.39 is 0 Å². The molecular formula is C15H24N4O. The topological polar surface area (TPSA) is 61.6 Å². The summed E-state index contributed by atoms with van der Waals surface area (Å²) in [6.45, 7) is 2.95. The lowest BCUT2D eigenvalue weighted by molar-refractivity contribution is -0.116. The first-order chi connectivity index (χ1) is 9.54. The number of likely N-dealkylation sites (N-methyl/N-ethyl adjacent to an activating group) is 1. The highest BCUT2D eigenvalue weighted by molar-refractivity contribution is 5.91. The van der Waals surface area contributed by atoms with E-state index in [1.165, 1.54) is 6.42 Å². The Morgan fingerprint density at radius 2 is 2.30 bits per heavy atom. The van der Waals surface area contributed by atoms with Gasteiger partial charge in [0.15, 0.2) is 0 Å². The van der Waals surface area contributed by atoms with E-state index in [1.807, 2.05) is 12.1 Å². The lowest BCUT2D eigenvalue weighted by Crippen LogP contribution is -2.32. The molecule has 1 aromatic carbocycles. The van der Waals surface area contributed by atoms with Crippen LogP contribution in [-0.4, -0.2) is 55.5 Å². The second-order valence-corrected chi connectivity index (χ2v) is 5.63. The Morgan fingerprint density at radius 3 is 2.95 bits per heavy atom. The Kier molecular flexibility index (Phi) is 4.98. The molecule has 1 aliphatic rings. The highest BCUT2D eigenvalue weighted by atomic mass is 16.1. The molecule has 0 aromatic heterocycles. The number of hydrogen-bond donors (Lipinski definition) is 2.